The number of amides is 1. The first kappa shape index (κ1) is 13.6. The van der Waals surface area contributed by atoms with Crippen LogP contribution >= 0.6 is 11.3 Å². The van der Waals surface area contributed by atoms with E-state index in [-0.39, 0.29) is 5.91 Å². The van der Waals surface area contributed by atoms with Crippen molar-refractivity contribution in [3.05, 3.63) is 53.0 Å². The molecule has 1 amide bonds. The minimum absolute atomic E-state index is 0.158. The van der Waals surface area contributed by atoms with Crippen LogP contribution in [0.3, 0.4) is 0 Å². The molecule has 3 aromatic rings. The van der Waals surface area contributed by atoms with Crippen LogP contribution in [0.2, 0.25) is 0 Å². The van der Waals surface area contributed by atoms with Crippen LogP contribution in [0.1, 0.15) is 15.4 Å². The van der Waals surface area contributed by atoms with Crippen LogP contribution < -0.4 is 10.1 Å². The number of hydrogen-bond acceptors (Lipinski definition) is 4. The van der Waals surface area contributed by atoms with Gasteiger partial charge in [-0.05, 0) is 43.3 Å². The molecule has 0 saturated carbocycles. The lowest BCUT2D eigenvalue weighted by atomic mass is 10.2. The molecular weight excluding hydrogens is 284 g/mol. The van der Waals surface area contributed by atoms with E-state index in [2.05, 4.69) is 10.3 Å². The number of thiazole rings is 1. The molecule has 0 atom stereocenters. The molecule has 21 heavy (non-hydrogen) atoms. The SMILES string of the molecule is COc1cccc(C(=O)Nc2ccc3nc(C)sc3c2)c1. The molecule has 0 aliphatic rings. The van der Waals surface area contributed by atoms with Gasteiger partial charge in [-0.15, -0.1) is 11.3 Å². The van der Waals surface area contributed by atoms with Crippen LogP contribution in [-0.2, 0) is 0 Å². The number of hydrogen-bond donors (Lipinski definition) is 1. The zero-order valence-electron chi connectivity index (χ0n) is 11.7. The number of ether oxygens (including phenoxy) is 1. The number of rotatable bonds is 3. The van der Waals surface area contributed by atoms with E-state index in [9.17, 15) is 4.79 Å². The Morgan fingerprint density at radius 1 is 1.24 bits per heavy atom. The van der Waals surface area contributed by atoms with E-state index in [1.54, 1.807) is 36.6 Å². The minimum atomic E-state index is -0.158. The Labute approximate surface area is 126 Å². The van der Waals surface area contributed by atoms with Crippen LogP contribution in [-0.4, -0.2) is 18.0 Å². The minimum Gasteiger partial charge on any atom is -0.497 e. The number of nitrogens with one attached hydrogen (secondary N) is 1. The monoisotopic (exact) mass is 298 g/mol. The van der Waals surface area contributed by atoms with Gasteiger partial charge >= 0.3 is 0 Å². The van der Waals surface area contributed by atoms with Gasteiger partial charge in [0.15, 0.2) is 0 Å². The van der Waals surface area contributed by atoms with E-state index in [1.165, 1.54) is 0 Å². The topological polar surface area (TPSA) is 51.2 Å². The van der Waals surface area contributed by atoms with Crippen molar-refractivity contribution < 1.29 is 9.53 Å². The van der Waals surface area contributed by atoms with Crippen molar-refractivity contribution in [2.45, 2.75) is 6.92 Å². The van der Waals surface area contributed by atoms with Crippen LogP contribution in [0.25, 0.3) is 10.2 Å². The van der Waals surface area contributed by atoms with Gasteiger partial charge in [0.1, 0.15) is 5.75 Å². The normalized spacial score (nSPS) is 10.6. The van der Waals surface area contributed by atoms with Gasteiger partial charge in [-0.25, -0.2) is 4.98 Å². The average Bonchev–Trinajstić information content (AvgIpc) is 2.86. The van der Waals surface area contributed by atoms with E-state index in [0.717, 1.165) is 20.9 Å². The van der Waals surface area contributed by atoms with Gasteiger partial charge in [0.25, 0.3) is 5.91 Å². The van der Waals surface area contributed by atoms with Gasteiger partial charge < -0.3 is 10.1 Å². The Morgan fingerprint density at radius 3 is 2.90 bits per heavy atom. The van der Waals surface area contributed by atoms with Crippen molar-refractivity contribution in [1.82, 2.24) is 4.98 Å². The summed E-state index contributed by atoms with van der Waals surface area (Å²) in [4.78, 5) is 16.6. The smallest absolute Gasteiger partial charge is 0.255 e. The number of benzene rings is 2. The molecule has 0 radical (unpaired) electrons. The zero-order chi connectivity index (χ0) is 14.8. The summed E-state index contributed by atoms with van der Waals surface area (Å²) in [5.74, 6) is 0.505. The van der Waals surface area contributed by atoms with E-state index in [1.807, 2.05) is 31.2 Å². The van der Waals surface area contributed by atoms with Crippen LogP contribution in [0.5, 0.6) is 5.75 Å². The van der Waals surface area contributed by atoms with Crippen molar-refractivity contribution in [2.24, 2.45) is 0 Å². The molecule has 5 heteroatoms. The standard InChI is InChI=1S/C16H14N2O2S/c1-10-17-14-7-6-12(9-15(14)21-10)18-16(19)11-4-3-5-13(8-11)20-2/h3-9H,1-2H3,(H,18,19). The molecule has 0 unspecified atom stereocenters. The summed E-state index contributed by atoms with van der Waals surface area (Å²) in [6.45, 7) is 1.97. The molecular formula is C16H14N2O2S. The second-order valence-corrected chi connectivity index (χ2v) is 5.84. The lowest BCUT2D eigenvalue weighted by molar-refractivity contribution is 0.102. The van der Waals surface area contributed by atoms with Crippen molar-refractivity contribution >= 4 is 33.1 Å². The Balaban J connectivity index is 1.84. The summed E-state index contributed by atoms with van der Waals surface area (Å²) < 4.78 is 6.19. The first-order chi connectivity index (χ1) is 10.2. The number of fused-ring (bicyclic) bond motifs is 1. The zero-order valence-corrected chi connectivity index (χ0v) is 12.5. The van der Waals surface area contributed by atoms with Crippen molar-refractivity contribution in [1.29, 1.82) is 0 Å². The second kappa shape index (κ2) is 5.54. The highest BCUT2D eigenvalue weighted by Gasteiger charge is 2.08. The Bertz CT molecular complexity index is 811. The van der Waals surface area contributed by atoms with E-state index < -0.39 is 0 Å². The quantitative estimate of drug-likeness (QED) is 0.798. The predicted octanol–water partition coefficient (Wildman–Crippen LogP) is 3.87. The highest BCUT2D eigenvalue weighted by Crippen LogP contribution is 2.25. The van der Waals surface area contributed by atoms with Crippen molar-refractivity contribution in [2.75, 3.05) is 12.4 Å². The van der Waals surface area contributed by atoms with Crippen LogP contribution in [0.4, 0.5) is 5.69 Å². The van der Waals surface area contributed by atoms with E-state index in [0.29, 0.717) is 11.3 Å². The summed E-state index contributed by atoms with van der Waals surface area (Å²) in [5.41, 5.74) is 2.28. The third-order valence-electron chi connectivity index (χ3n) is 3.09. The number of carbonyl (C=O) groups excluding carboxylic acids is 1. The van der Waals surface area contributed by atoms with Gasteiger partial charge in [0, 0.05) is 11.3 Å². The number of nitrogens with zero attached hydrogens (tertiary/aromatic N) is 1. The molecule has 0 spiro atoms. The van der Waals surface area contributed by atoms with Gasteiger partial charge in [0.05, 0.1) is 22.3 Å². The second-order valence-electron chi connectivity index (χ2n) is 4.60. The third-order valence-corrected chi connectivity index (χ3v) is 4.02. The number of aromatic nitrogens is 1. The Morgan fingerprint density at radius 2 is 2.10 bits per heavy atom. The van der Waals surface area contributed by atoms with Gasteiger partial charge in [-0.2, -0.15) is 0 Å². The lowest BCUT2D eigenvalue weighted by Gasteiger charge is -2.06. The van der Waals surface area contributed by atoms with E-state index in [4.69, 9.17) is 4.74 Å². The van der Waals surface area contributed by atoms with Crippen LogP contribution in [0, 0.1) is 6.92 Å². The van der Waals surface area contributed by atoms with Gasteiger partial charge in [-0.3, -0.25) is 4.79 Å². The van der Waals surface area contributed by atoms with E-state index >= 15 is 0 Å². The van der Waals surface area contributed by atoms with Gasteiger partial charge in [0.2, 0.25) is 0 Å². The van der Waals surface area contributed by atoms with Crippen molar-refractivity contribution in [3.8, 4) is 5.75 Å². The maximum Gasteiger partial charge on any atom is 0.255 e. The summed E-state index contributed by atoms with van der Waals surface area (Å²) in [5, 5.41) is 3.91. The summed E-state index contributed by atoms with van der Waals surface area (Å²) >= 11 is 1.61. The molecule has 106 valence electrons. The Kier molecular flexibility index (Phi) is 3.58. The fraction of sp³-hybridized carbons (Fsp3) is 0.125. The van der Waals surface area contributed by atoms with Crippen LogP contribution in [0.15, 0.2) is 42.5 Å². The molecule has 2 aromatic carbocycles. The highest BCUT2D eigenvalue weighted by atomic mass is 32.1. The summed E-state index contributed by atoms with van der Waals surface area (Å²) in [7, 11) is 1.58. The molecule has 0 bridgehead atoms. The number of anilines is 1. The summed E-state index contributed by atoms with van der Waals surface area (Å²) in [6, 6.07) is 12.8. The molecule has 0 saturated heterocycles. The number of methoxy groups -OCH3 is 1. The highest BCUT2D eigenvalue weighted by molar-refractivity contribution is 7.18. The largest absolute Gasteiger partial charge is 0.497 e. The third kappa shape index (κ3) is 2.87. The first-order valence-electron chi connectivity index (χ1n) is 6.48. The molecule has 0 fully saturated rings. The molecule has 1 N–H and O–H groups in total. The molecule has 3 rings (SSSR count). The fourth-order valence-corrected chi connectivity index (χ4v) is 2.95. The number of aryl methyl sites for hydroxylation is 1. The molecule has 4 nitrogen and oxygen atoms in total. The lowest BCUT2D eigenvalue weighted by Crippen LogP contribution is -2.11. The molecule has 1 aromatic heterocycles. The maximum atomic E-state index is 12.2. The molecule has 1 heterocycles. The van der Waals surface area contributed by atoms with Crippen molar-refractivity contribution in [3.63, 3.8) is 0 Å². The summed E-state index contributed by atoms with van der Waals surface area (Å²) in [6.07, 6.45) is 0. The number of carbonyl (C=O) groups is 1. The predicted molar refractivity (Wildman–Crippen MR) is 85.3 cm³/mol. The molecule has 0 aliphatic carbocycles. The molecule has 0 aliphatic heterocycles. The first-order valence-corrected chi connectivity index (χ1v) is 7.30. The Hall–Kier alpha value is -2.40. The average molecular weight is 298 g/mol. The van der Waals surface area contributed by atoms with Gasteiger partial charge in [-0.1, -0.05) is 6.07 Å². The fourth-order valence-electron chi connectivity index (χ4n) is 2.09. The maximum absolute atomic E-state index is 12.2.